The first-order valence-electron chi connectivity index (χ1n) is 6.78. The number of nitrogens with zero attached hydrogens (tertiary/aromatic N) is 3. The number of imidazole rings is 1. The van der Waals surface area contributed by atoms with Crippen LogP contribution < -0.4 is 5.32 Å². The van der Waals surface area contributed by atoms with Gasteiger partial charge < -0.3 is 9.72 Å². The van der Waals surface area contributed by atoms with Gasteiger partial charge in [-0.15, -0.1) is 11.3 Å². The van der Waals surface area contributed by atoms with Crippen molar-refractivity contribution in [1.82, 2.24) is 19.7 Å². The van der Waals surface area contributed by atoms with E-state index in [2.05, 4.69) is 38.2 Å². The van der Waals surface area contributed by atoms with E-state index in [1.165, 1.54) is 10.7 Å². The van der Waals surface area contributed by atoms with Gasteiger partial charge >= 0.3 is 0 Å². The summed E-state index contributed by atoms with van der Waals surface area (Å²) in [5.74, 6) is 0. The molecular formula is C15H18N4S. The van der Waals surface area contributed by atoms with E-state index in [-0.39, 0.29) is 0 Å². The minimum Gasteiger partial charge on any atom is -0.311 e. The van der Waals surface area contributed by atoms with Gasteiger partial charge in [0.25, 0.3) is 0 Å². The van der Waals surface area contributed by atoms with Crippen LogP contribution >= 0.6 is 11.3 Å². The number of aromatic nitrogens is 3. The zero-order chi connectivity index (χ0) is 13.9. The van der Waals surface area contributed by atoms with Crippen LogP contribution in [0.5, 0.6) is 0 Å². The van der Waals surface area contributed by atoms with Crippen molar-refractivity contribution in [3.8, 4) is 0 Å². The maximum absolute atomic E-state index is 4.57. The third-order valence-corrected chi connectivity index (χ3v) is 4.33. The van der Waals surface area contributed by atoms with Crippen LogP contribution in [-0.2, 0) is 13.0 Å². The molecular weight excluding hydrogens is 268 g/mol. The summed E-state index contributed by atoms with van der Waals surface area (Å²) < 4.78 is 2.15. The number of hydrogen-bond acceptors (Lipinski definition) is 4. The molecule has 0 aromatic carbocycles. The van der Waals surface area contributed by atoms with Crippen molar-refractivity contribution in [3.63, 3.8) is 0 Å². The highest BCUT2D eigenvalue weighted by molar-refractivity contribution is 7.09. The van der Waals surface area contributed by atoms with E-state index in [1.54, 1.807) is 11.3 Å². The highest BCUT2D eigenvalue weighted by Crippen LogP contribution is 2.12. The minimum atomic E-state index is 0.835. The van der Waals surface area contributed by atoms with Gasteiger partial charge in [0.15, 0.2) is 0 Å². The number of thiazole rings is 1. The van der Waals surface area contributed by atoms with Gasteiger partial charge in [0.1, 0.15) is 5.65 Å². The molecule has 5 heteroatoms. The monoisotopic (exact) mass is 286 g/mol. The van der Waals surface area contributed by atoms with Crippen LogP contribution in [0.1, 0.15) is 22.1 Å². The zero-order valence-corrected chi connectivity index (χ0v) is 12.6. The molecule has 3 aromatic heterocycles. The van der Waals surface area contributed by atoms with Crippen molar-refractivity contribution in [1.29, 1.82) is 0 Å². The van der Waals surface area contributed by atoms with Gasteiger partial charge in [-0.3, -0.25) is 0 Å². The van der Waals surface area contributed by atoms with Gasteiger partial charge in [-0.05, 0) is 26.0 Å². The number of nitrogens with one attached hydrogen (secondary N) is 1. The fourth-order valence-electron chi connectivity index (χ4n) is 2.30. The molecule has 0 spiro atoms. The van der Waals surface area contributed by atoms with Crippen molar-refractivity contribution in [2.75, 3.05) is 6.54 Å². The molecule has 4 nitrogen and oxygen atoms in total. The molecule has 0 aliphatic heterocycles. The van der Waals surface area contributed by atoms with Crippen LogP contribution in [0.2, 0.25) is 0 Å². The molecule has 0 bridgehead atoms. The Morgan fingerprint density at radius 1 is 1.25 bits per heavy atom. The zero-order valence-electron chi connectivity index (χ0n) is 11.8. The second-order valence-electron chi connectivity index (χ2n) is 4.88. The molecule has 1 N–H and O–H groups in total. The van der Waals surface area contributed by atoms with Gasteiger partial charge in [-0.2, -0.15) is 0 Å². The Kier molecular flexibility index (Phi) is 3.80. The highest BCUT2D eigenvalue weighted by atomic mass is 32.1. The minimum absolute atomic E-state index is 0.835. The van der Waals surface area contributed by atoms with Crippen LogP contribution in [0.3, 0.4) is 0 Å². The van der Waals surface area contributed by atoms with E-state index in [0.29, 0.717) is 0 Å². The van der Waals surface area contributed by atoms with Gasteiger partial charge in [0.2, 0.25) is 0 Å². The van der Waals surface area contributed by atoms with Crippen LogP contribution in [0.15, 0.2) is 29.8 Å². The molecule has 0 aliphatic rings. The number of aryl methyl sites for hydroxylation is 2. The van der Waals surface area contributed by atoms with E-state index in [1.807, 2.05) is 25.1 Å². The average Bonchev–Trinajstić information content (AvgIpc) is 2.98. The molecule has 0 unspecified atom stereocenters. The molecule has 0 saturated heterocycles. The molecule has 3 heterocycles. The first-order chi connectivity index (χ1) is 9.74. The molecule has 0 fully saturated rings. The summed E-state index contributed by atoms with van der Waals surface area (Å²) in [6, 6.07) is 6.09. The van der Waals surface area contributed by atoms with Crippen molar-refractivity contribution >= 4 is 17.0 Å². The van der Waals surface area contributed by atoms with Crippen molar-refractivity contribution in [3.05, 3.63) is 51.9 Å². The predicted octanol–water partition coefficient (Wildman–Crippen LogP) is 2.74. The Balaban J connectivity index is 1.61. The predicted molar refractivity (Wildman–Crippen MR) is 82.2 cm³/mol. The second kappa shape index (κ2) is 5.73. The topological polar surface area (TPSA) is 42.2 Å². The molecule has 3 aromatic rings. The standard InChI is InChI=1S/C15H18N4S/c1-11-10-20-15(17-11)6-7-16-9-13-12(2)18-14-5-3-4-8-19(13)14/h3-5,8,10,16H,6-7,9H2,1-2H3. The van der Waals surface area contributed by atoms with Crippen LogP contribution in [-0.4, -0.2) is 20.9 Å². The first kappa shape index (κ1) is 13.3. The maximum atomic E-state index is 4.57. The largest absolute Gasteiger partial charge is 0.311 e. The SMILES string of the molecule is Cc1csc(CCNCc2c(C)nc3ccccn23)n1. The van der Waals surface area contributed by atoms with E-state index in [0.717, 1.165) is 36.5 Å². The summed E-state index contributed by atoms with van der Waals surface area (Å²) in [4.78, 5) is 9.04. The Hall–Kier alpha value is -1.72. The number of fused-ring (bicyclic) bond motifs is 1. The van der Waals surface area contributed by atoms with E-state index in [4.69, 9.17) is 0 Å². The van der Waals surface area contributed by atoms with Gasteiger partial charge in [0.05, 0.1) is 16.4 Å². The van der Waals surface area contributed by atoms with Crippen LogP contribution in [0.4, 0.5) is 0 Å². The lowest BCUT2D eigenvalue weighted by Gasteiger charge is -2.05. The molecule has 0 amide bonds. The maximum Gasteiger partial charge on any atom is 0.137 e. The Morgan fingerprint density at radius 3 is 2.95 bits per heavy atom. The van der Waals surface area contributed by atoms with Crippen LogP contribution in [0, 0.1) is 13.8 Å². The summed E-state index contributed by atoms with van der Waals surface area (Å²) in [6.45, 7) is 5.87. The number of pyridine rings is 1. The molecule has 0 saturated carbocycles. The first-order valence-corrected chi connectivity index (χ1v) is 7.66. The van der Waals surface area contributed by atoms with Crippen LogP contribution in [0.25, 0.3) is 5.65 Å². The Morgan fingerprint density at radius 2 is 2.15 bits per heavy atom. The number of hydrogen-bond donors (Lipinski definition) is 1. The lowest BCUT2D eigenvalue weighted by atomic mass is 10.3. The third-order valence-electron chi connectivity index (χ3n) is 3.30. The quantitative estimate of drug-likeness (QED) is 0.733. The van der Waals surface area contributed by atoms with Crippen molar-refractivity contribution < 1.29 is 0 Å². The molecule has 20 heavy (non-hydrogen) atoms. The summed E-state index contributed by atoms with van der Waals surface area (Å²) in [7, 11) is 0. The van der Waals surface area contributed by atoms with Crippen molar-refractivity contribution in [2.45, 2.75) is 26.8 Å². The Labute approximate surface area is 122 Å². The van der Waals surface area contributed by atoms with Gasteiger partial charge in [0, 0.05) is 36.8 Å². The third kappa shape index (κ3) is 2.73. The van der Waals surface area contributed by atoms with E-state index in [9.17, 15) is 0 Å². The molecule has 3 rings (SSSR count). The van der Waals surface area contributed by atoms with Crippen molar-refractivity contribution in [2.24, 2.45) is 0 Å². The molecule has 0 aliphatic carbocycles. The molecule has 0 radical (unpaired) electrons. The summed E-state index contributed by atoms with van der Waals surface area (Å²) in [6.07, 6.45) is 3.05. The van der Waals surface area contributed by atoms with E-state index < -0.39 is 0 Å². The summed E-state index contributed by atoms with van der Waals surface area (Å²) in [5.41, 5.74) is 4.45. The van der Waals surface area contributed by atoms with Gasteiger partial charge in [-0.25, -0.2) is 9.97 Å². The highest BCUT2D eigenvalue weighted by Gasteiger charge is 2.07. The van der Waals surface area contributed by atoms with E-state index >= 15 is 0 Å². The van der Waals surface area contributed by atoms with Gasteiger partial charge in [-0.1, -0.05) is 6.07 Å². The fourth-order valence-corrected chi connectivity index (χ4v) is 3.07. The second-order valence-corrected chi connectivity index (χ2v) is 5.82. The molecule has 0 atom stereocenters. The summed E-state index contributed by atoms with van der Waals surface area (Å²) in [5, 5.41) is 6.78. The fraction of sp³-hybridized carbons (Fsp3) is 0.333. The molecule has 104 valence electrons. The Bertz CT molecular complexity index is 714. The smallest absolute Gasteiger partial charge is 0.137 e. The number of rotatable bonds is 5. The average molecular weight is 286 g/mol. The summed E-state index contributed by atoms with van der Waals surface area (Å²) >= 11 is 1.73. The normalized spacial score (nSPS) is 11.3. The lowest BCUT2D eigenvalue weighted by molar-refractivity contribution is 0.666. The lowest BCUT2D eigenvalue weighted by Crippen LogP contribution is -2.18.